The van der Waals surface area contributed by atoms with Crippen LogP contribution in [0.2, 0.25) is 0 Å². The average Bonchev–Trinajstić information content (AvgIpc) is 3.25. The fraction of sp³-hybridized carbons (Fsp3) is 0.588. The van der Waals surface area contributed by atoms with Gasteiger partial charge < -0.3 is 9.64 Å². The van der Waals surface area contributed by atoms with E-state index in [4.69, 9.17) is 4.74 Å². The van der Waals surface area contributed by atoms with Crippen molar-refractivity contribution < 1.29 is 9.53 Å². The molecule has 114 valence electrons. The molecule has 1 heterocycles. The van der Waals surface area contributed by atoms with Crippen molar-refractivity contribution in [2.45, 2.75) is 32.9 Å². The molecule has 0 bridgehead atoms. The average molecular weight is 288 g/mol. The fourth-order valence-electron chi connectivity index (χ4n) is 3.24. The van der Waals surface area contributed by atoms with E-state index in [1.165, 1.54) is 12.8 Å². The summed E-state index contributed by atoms with van der Waals surface area (Å²) in [4.78, 5) is 14.2. The first-order chi connectivity index (χ1) is 10.1. The van der Waals surface area contributed by atoms with Gasteiger partial charge in [0.25, 0.3) is 0 Å². The number of nitrogens with one attached hydrogen (secondary N) is 1. The van der Waals surface area contributed by atoms with Crippen LogP contribution in [-0.2, 0) is 4.79 Å². The highest BCUT2D eigenvalue weighted by molar-refractivity contribution is 5.81. The van der Waals surface area contributed by atoms with Crippen LogP contribution in [0.3, 0.4) is 0 Å². The molecule has 0 aromatic heterocycles. The van der Waals surface area contributed by atoms with Gasteiger partial charge in [-0.2, -0.15) is 0 Å². The molecule has 1 amide bonds. The minimum absolute atomic E-state index is 0.00306. The topological polar surface area (TPSA) is 41.6 Å². The third kappa shape index (κ3) is 2.91. The van der Waals surface area contributed by atoms with E-state index in [-0.39, 0.29) is 12.1 Å². The second-order valence-electron chi connectivity index (χ2n) is 6.37. The van der Waals surface area contributed by atoms with Crippen molar-refractivity contribution in [3.63, 3.8) is 0 Å². The van der Waals surface area contributed by atoms with Gasteiger partial charge in [-0.05, 0) is 54.9 Å². The summed E-state index contributed by atoms with van der Waals surface area (Å²) in [5, 5.41) is 3.34. The first kappa shape index (κ1) is 14.4. The van der Waals surface area contributed by atoms with Gasteiger partial charge in [0, 0.05) is 6.54 Å². The van der Waals surface area contributed by atoms with Crippen LogP contribution >= 0.6 is 0 Å². The van der Waals surface area contributed by atoms with Gasteiger partial charge >= 0.3 is 0 Å². The Hall–Kier alpha value is -1.55. The third-order valence-corrected chi connectivity index (χ3v) is 4.72. The molecule has 2 aliphatic rings. The molecular formula is C17H24N2O2. The second-order valence-corrected chi connectivity index (χ2v) is 6.37. The van der Waals surface area contributed by atoms with Crippen LogP contribution in [0.15, 0.2) is 18.2 Å². The Labute approximate surface area is 126 Å². The summed E-state index contributed by atoms with van der Waals surface area (Å²) in [6.45, 7) is 5.59. The first-order valence-electron chi connectivity index (χ1n) is 7.77. The maximum atomic E-state index is 12.2. The van der Waals surface area contributed by atoms with E-state index in [1.54, 1.807) is 7.11 Å². The predicted molar refractivity (Wildman–Crippen MR) is 82.1 cm³/mol. The highest BCUT2D eigenvalue weighted by atomic mass is 16.5. The van der Waals surface area contributed by atoms with Crippen molar-refractivity contribution in [3.05, 3.63) is 29.3 Å². The first-order valence-corrected chi connectivity index (χ1v) is 7.77. The molecule has 2 unspecified atom stereocenters. The van der Waals surface area contributed by atoms with Gasteiger partial charge in [-0.1, -0.05) is 13.0 Å². The maximum Gasteiger partial charge on any atom is 0.238 e. The molecule has 2 fully saturated rings. The summed E-state index contributed by atoms with van der Waals surface area (Å²) < 4.78 is 5.31. The number of hydrogen-bond donors (Lipinski definition) is 1. The van der Waals surface area contributed by atoms with Crippen molar-refractivity contribution in [1.82, 2.24) is 10.2 Å². The lowest BCUT2D eigenvalue weighted by Gasteiger charge is -2.28. The predicted octanol–water partition coefficient (Wildman–Crippen LogP) is 2.48. The Morgan fingerprint density at radius 2 is 2.19 bits per heavy atom. The smallest absolute Gasteiger partial charge is 0.238 e. The molecule has 1 aliphatic heterocycles. The zero-order valence-corrected chi connectivity index (χ0v) is 13.1. The molecule has 4 nitrogen and oxygen atoms in total. The number of rotatable bonds is 5. The van der Waals surface area contributed by atoms with E-state index < -0.39 is 0 Å². The van der Waals surface area contributed by atoms with E-state index in [9.17, 15) is 4.79 Å². The lowest BCUT2D eigenvalue weighted by molar-refractivity contribution is -0.128. The van der Waals surface area contributed by atoms with Crippen LogP contribution in [0.1, 0.15) is 37.1 Å². The quantitative estimate of drug-likeness (QED) is 0.905. The lowest BCUT2D eigenvalue weighted by Crippen LogP contribution is -2.34. The van der Waals surface area contributed by atoms with Crippen LogP contribution in [0.4, 0.5) is 0 Å². The summed E-state index contributed by atoms with van der Waals surface area (Å²) in [5.74, 6) is 2.51. The van der Waals surface area contributed by atoms with Crippen LogP contribution in [0, 0.1) is 18.8 Å². The Morgan fingerprint density at radius 3 is 2.81 bits per heavy atom. The largest absolute Gasteiger partial charge is 0.496 e. The minimum Gasteiger partial charge on any atom is -0.496 e. The molecule has 1 aromatic rings. The van der Waals surface area contributed by atoms with E-state index in [0.717, 1.165) is 29.3 Å². The van der Waals surface area contributed by atoms with E-state index in [2.05, 4.69) is 24.4 Å². The normalized spacial score (nSPS) is 23.5. The molecule has 1 N–H and O–H groups in total. The van der Waals surface area contributed by atoms with Crippen LogP contribution in [0.5, 0.6) is 5.75 Å². The van der Waals surface area contributed by atoms with Crippen molar-refractivity contribution in [3.8, 4) is 5.75 Å². The summed E-state index contributed by atoms with van der Waals surface area (Å²) in [5.41, 5.74) is 2.24. The maximum absolute atomic E-state index is 12.2. The highest BCUT2D eigenvalue weighted by Gasteiger charge is 2.36. The van der Waals surface area contributed by atoms with Gasteiger partial charge in [0.1, 0.15) is 11.9 Å². The van der Waals surface area contributed by atoms with Gasteiger partial charge in [-0.15, -0.1) is 0 Å². The molecule has 1 saturated carbocycles. The van der Waals surface area contributed by atoms with E-state index in [0.29, 0.717) is 12.5 Å². The summed E-state index contributed by atoms with van der Waals surface area (Å²) in [6.07, 6.45) is 2.65. The van der Waals surface area contributed by atoms with Crippen LogP contribution in [0.25, 0.3) is 0 Å². The number of nitrogens with zero attached hydrogens (tertiary/aromatic N) is 1. The monoisotopic (exact) mass is 288 g/mol. The van der Waals surface area contributed by atoms with E-state index >= 15 is 0 Å². The molecule has 2 atom stereocenters. The molecule has 0 spiro atoms. The standard InChI is InChI=1S/C17H24N2O2/c1-11-8-14(6-7-15(11)21-3)17-18-9-16(20)19(17)10-12(2)13-4-5-13/h6-8,12-13,17-18H,4-5,9-10H2,1-3H3. The van der Waals surface area contributed by atoms with Crippen LogP contribution in [-0.4, -0.2) is 31.0 Å². The number of carbonyl (C=O) groups excluding carboxylic acids is 1. The number of amides is 1. The Morgan fingerprint density at radius 1 is 1.43 bits per heavy atom. The highest BCUT2D eigenvalue weighted by Crippen LogP contribution is 2.38. The number of methoxy groups -OCH3 is 1. The molecule has 1 aromatic carbocycles. The minimum atomic E-state index is 0.00306. The van der Waals surface area contributed by atoms with Crippen molar-refractivity contribution in [2.24, 2.45) is 11.8 Å². The van der Waals surface area contributed by atoms with Gasteiger partial charge in [0.2, 0.25) is 5.91 Å². The summed E-state index contributed by atoms with van der Waals surface area (Å²) in [6, 6.07) is 6.15. The number of ether oxygens (including phenoxy) is 1. The molecule has 0 radical (unpaired) electrons. The molecule has 21 heavy (non-hydrogen) atoms. The molecule has 4 heteroatoms. The van der Waals surface area contributed by atoms with Gasteiger partial charge in [0.15, 0.2) is 0 Å². The SMILES string of the molecule is COc1ccc(C2NCC(=O)N2CC(C)C2CC2)cc1C. The van der Waals surface area contributed by atoms with Crippen molar-refractivity contribution in [1.29, 1.82) is 0 Å². The summed E-state index contributed by atoms with van der Waals surface area (Å²) >= 11 is 0. The van der Waals surface area contributed by atoms with Crippen molar-refractivity contribution in [2.75, 3.05) is 20.2 Å². The number of carbonyl (C=O) groups is 1. The van der Waals surface area contributed by atoms with Gasteiger partial charge in [-0.25, -0.2) is 0 Å². The zero-order chi connectivity index (χ0) is 15.0. The van der Waals surface area contributed by atoms with Crippen molar-refractivity contribution >= 4 is 5.91 Å². The zero-order valence-electron chi connectivity index (χ0n) is 13.1. The second kappa shape index (κ2) is 5.68. The number of aryl methyl sites for hydroxylation is 1. The molecule has 1 aliphatic carbocycles. The Kier molecular flexibility index (Phi) is 3.89. The lowest BCUT2D eigenvalue weighted by atomic mass is 10.0. The third-order valence-electron chi connectivity index (χ3n) is 4.72. The molecule has 3 rings (SSSR count). The fourth-order valence-corrected chi connectivity index (χ4v) is 3.24. The van der Waals surface area contributed by atoms with Crippen LogP contribution < -0.4 is 10.1 Å². The molecule has 1 saturated heterocycles. The van der Waals surface area contributed by atoms with Gasteiger partial charge in [0.05, 0.1) is 13.7 Å². The molecular weight excluding hydrogens is 264 g/mol. The number of hydrogen-bond acceptors (Lipinski definition) is 3. The Bertz CT molecular complexity index is 540. The Balaban J connectivity index is 1.78. The van der Waals surface area contributed by atoms with E-state index in [1.807, 2.05) is 17.9 Å². The summed E-state index contributed by atoms with van der Waals surface area (Å²) in [7, 11) is 1.68. The van der Waals surface area contributed by atoms with Gasteiger partial charge in [-0.3, -0.25) is 10.1 Å². The number of benzene rings is 1.